The van der Waals surface area contributed by atoms with Crippen molar-refractivity contribution in [3.05, 3.63) is 36.0 Å². The molecule has 1 unspecified atom stereocenters. The first-order valence-electron chi connectivity index (χ1n) is 5.75. The van der Waals surface area contributed by atoms with Gasteiger partial charge in [0.15, 0.2) is 0 Å². The molecule has 0 fully saturated rings. The number of para-hydroxylation sites is 1. The topological polar surface area (TPSA) is 53.1 Å². The number of nitrogens with one attached hydrogen (secondary N) is 1. The zero-order valence-electron chi connectivity index (χ0n) is 10.2. The van der Waals surface area contributed by atoms with Crippen LogP contribution in [0.3, 0.4) is 0 Å². The SMILES string of the molecule is CC(=O)CC(C)(O)Cc1c[nH]c2ccccc12. The fourth-order valence-corrected chi connectivity index (χ4v) is 2.29. The van der Waals surface area contributed by atoms with Crippen LogP contribution >= 0.6 is 0 Å². The molecule has 1 heterocycles. The molecule has 1 atom stereocenters. The van der Waals surface area contributed by atoms with Crippen LogP contribution in [0.5, 0.6) is 0 Å². The third-order valence-corrected chi connectivity index (χ3v) is 2.88. The third kappa shape index (κ3) is 2.74. The van der Waals surface area contributed by atoms with Crippen molar-refractivity contribution in [2.45, 2.75) is 32.3 Å². The van der Waals surface area contributed by atoms with Gasteiger partial charge in [-0.3, -0.25) is 4.79 Å². The molecule has 0 saturated heterocycles. The Morgan fingerprint density at radius 1 is 1.41 bits per heavy atom. The fraction of sp³-hybridized carbons (Fsp3) is 0.357. The van der Waals surface area contributed by atoms with Crippen LogP contribution in [0.15, 0.2) is 30.5 Å². The molecular formula is C14H17NO2. The number of fused-ring (bicyclic) bond motifs is 1. The molecule has 17 heavy (non-hydrogen) atoms. The maximum atomic E-state index is 11.1. The summed E-state index contributed by atoms with van der Waals surface area (Å²) in [5, 5.41) is 11.3. The van der Waals surface area contributed by atoms with Crippen LogP contribution in [0, 0.1) is 0 Å². The van der Waals surface area contributed by atoms with Gasteiger partial charge in [0.25, 0.3) is 0 Å². The lowest BCUT2D eigenvalue weighted by molar-refractivity contribution is -0.121. The van der Waals surface area contributed by atoms with E-state index < -0.39 is 5.60 Å². The molecule has 0 amide bonds. The Bertz CT molecular complexity index is 540. The van der Waals surface area contributed by atoms with Crippen LogP contribution < -0.4 is 0 Å². The predicted octanol–water partition coefficient (Wildman–Crippen LogP) is 2.44. The number of benzene rings is 1. The van der Waals surface area contributed by atoms with Gasteiger partial charge in [0.2, 0.25) is 0 Å². The second kappa shape index (κ2) is 4.34. The Balaban J connectivity index is 2.26. The van der Waals surface area contributed by atoms with E-state index in [1.165, 1.54) is 6.92 Å². The molecule has 3 heteroatoms. The summed E-state index contributed by atoms with van der Waals surface area (Å²) in [5.41, 5.74) is 1.13. The first-order valence-corrected chi connectivity index (χ1v) is 5.75. The van der Waals surface area contributed by atoms with E-state index in [1.807, 2.05) is 30.5 Å². The van der Waals surface area contributed by atoms with Crippen molar-refractivity contribution < 1.29 is 9.90 Å². The normalized spacial score (nSPS) is 14.8. The van der Waals surface area contributed by atoms with Crippen LogP contribution in [-0.2, 0) is 11.2 Å². The number of ketones is 1. The average Bonchev–Trinajstić information content (AvgIpc) is 2.59. The number of H-pyrrole nitrogens is 1. The number of Topliss-reactive ketones (excluding diaryl/α,β-unsaturated/α-hetero) is 1. The molecular weight excluding hydrogens is 214 g/mol. The van der Waals surface area contributed by atoms with E-state index in [2.05, 4.69) is 4.98 Å². The minimum absolute atomic E-state index is 0.00911. The number of rotatable bonds is 4. The van der Waals surface area contributed by atoms with Crippen molar-refractivity contribution >= 4 is 16.7 Å². The standard InChI is InChI=1S/C14H17NO2/c1-10(16)7-14(2,17)8-11-9-15-13-6-4-3-5-12(11)13/h3-6,9,15,17H,7-8H2,1-2H3. The van der Waals surface area contributed by atoms with Crippen molar-refractivity contribution in [2.24, 2.45) is 0 Å². The average molecular weight is 231 g/mol. The van der Waals surface area contributed by atoms with Crippen molar-refractivity contribution in [3.8, 4) is 0 Å². The van der Waals surface area contributed by atoms with E-state index in [0.29, 0.717) is 6.42 Å². The van der Waals surface area contributed by atoms with E-state index in [9.17, 15) is 9.90 Å². The zero-order valence-corrected chi connectivity index (χ0v) is 10.2. The number of carbonyl (C=O) groups is 1. The van der Waals surface area contributed by atoms with E-state index >= 15 is 0 Å². The minimum Gasteiger partial charge on any atom is -0.389 e. The van der Waals surface area contributed by atoms with Crippen LogP contribution in [0.2, 0.25) is 0 Å². The highest BCUT2D eigenvalue weighted by Crippen LogP contribution is 2.24. The van der Waals surface area contributed by atoms with Gasteiger partial charge in [0, 0.05) is 29.9 Å². The summed E-state index contributed by atoms with van der Waals surface area (Å²) in [6, 6.07) is 7.96. The number of hydrogen-bond donors (Lipinski definition) is 2. The Hall–Kier alpha value is -1.61. The molecule has 0 bridgehead atoms. The molecule has 1 aromatic heterocycles. The molecule has 0 aliphatic rings. The molecule has 0 aliphatic heterocycles. The lowest BCUT2D eigenvalue weighted by atomic mass is 9.91. The second-order valence-electron chi connectivity index (χ2n) is 4.91. The van der Waals surface area contributed by atoms with E-state index in [0.717, 1.165) is 16.5 Å². The smallest absolute Gasteiger partial charge is 0.132 e. The Morgan fingerprint density at radius 2 is 2.12 bits per heavy atom. The molecule has 90 valence electrons. The van der Waals surface area contributed by atoms with Crippen molar-refractivity contribution in [1.29, 1.82) is 0 Å². The molecule has 0 radical (unpaired) electrons. The number of aliphatic hydroxyl groups is 1. The zero-order chi connectivity index (χ0) is 12.5. The largest absolute Gasteiger partial charge is 0.389 e. The van der Waals surface area contributed by atoms with Crippen LogP contribution in [0.1, 0.15) is 25.8 Å². The second-order valence-corrected chi connectivity index (χ2v) is 4.91. The first-order chi connectivity index (χ1) is 7.98. The van der Waals surface area contributed by atoms with Crippen molar-refractivity contribution in [2.75, 3.05) is 0 Å². The highest BCUT2D eigenvalue weighted by atomic mass is 16.3. The van der Waals surface area contributed by atoms with Gasteiger partial charge in [-0.1, -0.05) is 18.2 Å². The number of hydrogen-bond acceptors (Lipinski definition) is 2. The molecule has 3 nitrogen and oxygen atoms in total. The molecule has 1 aromatic carbocycles. The fourth-order valence-electron chi connectivity index (χ4n) is 2.29. The number of aromatic nitrogens is 1. The summed E-state index contributed by atoms with van der Waals surface area (Å²) in [6.07, 6.45) is 2.57. The molecule has 2 N–H and O–H groups in total. The first kappa shape index (κ1) is 11.9. The van der Waals surface area contributed by atoms with Gasteiger partial charge in [0.1, 0.15) is 5.78 Å². The van der Waals surface area contributed by atoms with Gasteiger partial charge in [-0.05, 0) is 25.5 Å². The highest BCUT2D eigenvalue weighted by Gasteiger charge is 2.24. The highest BCUT2D eigenvalue weighted by molar-refractivity contribution is 5.83. The molecule has 2 aromatic rings. The lowest BCUT2D eigenvalue weighted by Gasteiger charge is -2.21. The van der Waals surface area contributed by atoms with Crippen LogP contribution in [-0.4, -0.2) is 21.5 Å². The maximum absolute atomic E-state index is 11.1. The monoisotopic (exact) mass is 231 g/mol. The van der Waals surface area contributed by atoms with E-state index in [1.54, 1.807) is 6.92 Å². The van der Waals surface area contributed by atoms with E-state index in [4.69, 9.17) is 0 Å². The van der Waals surface area contributed by atoms with Gasteiger partial charge >= 0.3 is 0 Å². The molecule has 0 aliphatic carbocycles. The number of aromatic amines is 1. The minimum atomic E-state index is -0.975. The molecule has 2 rings (SSSR count). The number of carbonyl (C=O) groups excluding carboxylic acids is 1. The Morgan fingerprint density at radius 3 is 2.82 bits per heavy atom. The van der Waals surface area contributed by atoms with Gasteiger partial charge in [0.05, 0.1) is 5.60 Å². The predicted molar refractivity (Wildman–Crippen MR) is 67.9 cm³/mol. The van der Waals surface area contributed by atoms with Crippen LogP contribution in [0.25, 0.3) is 10.9 Å². The Labute approximate surface area is 100 Å². The van der Waals surface area contributed by atoms with Crippen molar-refractivity contribution in [1.82, 2.24) is 4.98 Å². The summed E-state index contributed by atoms with van der Waals surface area (Å²) >= 11 is 0. The van der Waals surface area contributed by atoms with Gasteiger partial charge in [-0.2, -0.15) is 0 Å². The maximum Gasteiger partial charge on any atom is 0.132 e. The van der Waals surface area contributed by atoms with Gasteiger partial charge in [-0.15, -0.1) is 0 Å². The van der Waals surface area contributed by atoms with Gasteiger partial charge in [-0.25, -0.2) is 0 Å². The van der Waals surface area contributed by atoms with Crippen molar-refractivity contribution in [3.63, 3.8) is 0 Å². The molecule has 0 saturated carbocycles. The summed E-state index contributed by atoms with van der Waals surface area (Å²) in [4.78, 5) is 14.3. The quantitative estimate of drug-likeness (QED) is 0.849. The summed E-state index contributed by atoms with van der Waals surface area (Å²) in [7, 11) is 0. The summed E-state index contributed by atoms with van der Waals surface area (Å²) in [5.74, 6) is 0.00911. The molecule has 0 spiro atoms. The van der Waals surface area contributed by atoms with Gasteiger partial charge < -0.3 is 10.1 Å². The third-order valence-electron chi connectivity index (χ3n) is 2.88. The summed E-state index contributed by atoms with van der Waals surface area (Å²) < 4.78 is 0. The van der Waals surface area contributed by atoms with Crippen LogP contribution in [0.4, 0.5) is 0 Å². The Kier molecular flexibility index (Phi) is 3.03. The lowest BCUT2D eigenvalue weighted by Crippen LogP contribution is -2.29. The van der Waals surface area contributed by atoms with E-state index in [-0.39, 0.29) is 12.2 Å². The summed E-state index contributed by atoms with van der Waals surface area (Å²) in [6.45, 7) is 3.21.